The fraction of sp³-hybridized carbons (Fsp3) is 0.500. The molecule has 0 radical (unpaired) electrons. The normalized spacial score (nSPS) is 30.6. The Morgan fingerprint density at radius 1 is 1.70 bits per heavy atom. The summed E-state index contributed by atoms with van der Waals surface area (Å²) in [5.74, 6) is 1.28. The molecule has 2 atom stereocenters. The molecular formula is C10H14. The first kappa shape index (κ1) is 7.37. The molecule has 10 heavy (non-hydrogen) atoms. The molecule has 0 amide bonds. The Kier molecular flexibility index (Phi) is 2.13. The van der Waals surface area contributed by atoms with Crippen molar-refractivity contribution in [2.45, 2.75) is 20.3 Å². The highest BCUT2D eigenvalue weighted by Crippen LogP contribution is 2.25. The lowest BCUT2D eigenvalue weighted by atomic mass is 9.84. The van der Waals surface area contributed by atoms with Gasteiger partial charge in [0.05, 0.1) is 0 Å². The second-order valence-electron chi connectivity index (χ2n) is 3.12. The van der Waals surface area contributed by atoms with Crippen molar-refractivity contribution in [3.63, 3.8) is 0 Å². The Hall–Kier alpha value is -0.740. The van der Waals surface area contributed by atoms with E-state index < -0.39 is 0 Å². The summed E-state index contributed by atoms with van der Waals surface area (Å²) in [6.07, 6.45) is 5.37. The second kappa shape index (κ2) is 2.90. The van der Waals surface area contributed by atoms with Gasteiger partial charge >= 0.3 is 0 Å². The minimum absolute atomic E-state index is 0.560. The van der Waals surface area contributed by atoms with Crippen LogP contribution in [0.1, 0.15) is 20.3 Å². The minimum atomic E-state index is 0.560. The molecule has 0 aromatic carbocycles. The number of hydrogen-bond donors (Lipinski definition) is 0. The first-order valence-corrected chi connectivity index (χ1v) is 3.78. The molecule has 0 saturated carbocycles. The van der Waals surface area contributed by atoms with Gasteiger partial charge in [0, 0.05) is 5.92 Å². The highest BCUT2D eigenvalue weighted by Gasteiger charge is 2.15. The van der Waals surface area contributed by atoms with Crippen LogP contribution in [0.4, 0.5) is 0 Å². The van der Waals surface area contributed by atoms with Crippen LogP contribution in [0.2, 0.25) is 0 Å². The molecule has 0 spiro atoms. The molecule has 0 aromatic rings. The molecule has 0 N–H and O–H groups in total. The zero-order valence-corrected chi connectivity index (χ0v) is 6.72. The van der Waals surface area contributed by atoms with Crippen LogP contribution in [0.25, 0.3) is 0 Å². The van der Waals surface area contributed by atoms with Gasteiger partial charge in [-0.1, -0.05) is 19.1 Å². The van der Waals surface area contributed by atoms with E-state index in [9.17, 15) is 0 Å². The Morgan fingerprint density at radius 2 is 2.40 bits per heavy atom. The van der Waals surface area contributed by atoms with Crippen LogP contribution in [0.5, 0.6) is 0 Å². The van der Waals surface area contributed by atoms with Crippen LogP contribution in [-0.2, 0) is 0 Å². The highest BCUT2D eigenvalue weighted by molar-refractivity contribution is 5.12. The van der Waals surface area contributed by atoms with Gasteiger partial charge < -0.3 is 0 Å². The van der Waals surface area contributed by atoms with Crippen molar-refractivity contribution in [1.29, 1.82) is 0 Å². The van der Waals surface area contributed by atoms with E-state index in [1.54, 1.807) is 0 Å². The van der Waals surface area contributed by atoms with Crippen molar-refractivity contribution >= 4 is 0 Å². The van der Waals surface area contributed by atoms with E-state index in [0.29, 0.717) is 5.92 Å². The maximum Gasteiger partial charge on any atom is 0.00759 e. The van der Waals surface area contributed by atoms with E-state index in [1.807, 2.05) is 0 Å². The topological polar surface area (TPSA) is 0 Å². The summed E-state index contributed by atoms with van der Waals surface area (Å²) in [4.78, 5) is 0. The summed E-state index contributed by atoms with van der Waals surface area (Å²) in [6, 6.07) is 0. The maximum atomic E-state index is 3.94. The molecule has 0 aromatic heterocycles. The molecule has 0 fully saturated rings. The molecule has 0 nitrogen and oxygen atoms in total. The molecular weight excluding hydrogens is 120 g/mol. The second-order valence-corrected chi connectivity index (χ2v) is 3.12. The molecule has 54 valence electrons. The summed E-state index contributed by atoms with van der Waals surface area (Å²) >= 11 is 0. The van der Waals surface area contributed by atoms with Crippen LogP contribution in [0.15, 0.2) is 30.0 Å². The fourth-order valence-corrected chi connectivity index (χ4v) is 1.36. The van der Waals surface area contributed by atoms with Crippen LogP contribution in [0.3, 0.4) is 0 Å². The Labute approximate surface area is 62.9 Å². The van der Waals surface area contributed by atoms with Gasteiger partial charge in [0.15, 0.2) is 0 Å². The van der Waals surface area contributed by atoms with Gasteiger partial charge in [0.1, 0.15) is 0 Å². The zero-order valence-electron chi connectivity index (χ0n) is 6.72. The van der Waals surface area contributed by atoms with E-state index in [1.165, 1.54) is 5.57 Å². The molecule has 1 aliphatic rings. The number of rotatable bonds is 1. The van der Waals surface area contributed by atoms with Crippen molar-refractivity contribution in [2.24, 2.45) is 11.8 Å². The number of allylic oxidation sites excluding steroid dienone is 2. The van der Waals surface area contributed by atoms with E-state index in [4.69, 9.17) is 0 Å². The summed E-state index contributed by atoms with van der Waals surface area (Å²) < 4.78 is 0. The van der Waals surface area contributed by atoms with E-state index in [0.717, 1.165) is 12.3 Å². The minimum Gasteiger partial charge on any atom is -0.129 e. The predicted molar refractivity (Wildman–Crippen MR) is 44.7 cm³/mol. The van der Waals surface area contributed by atoms with Crippen LogP contribution in [0, 0.1) is 11.8 Å². The third-order valence-electron chi connectivity index (χ3n) is 2.07. The molecule has 0 heterocycles. The lowest BCUT2D eigenvalue weighted by molar-refractivity contribution is 0.479. The first-order chi connectivity index (χ1) is 4.72. The average Bonchev–Trinajstić information content (AvgIpc) is 1.88. The van der Waals surface area contributed by atoms with Crippen LogP contribution < -0.4 is 0 Å². The van der Waals surface area contributed by atoms with Gasteiger partial charge in [0.25, 0.3) is 0 Å². The smallest absolute Gasteiger partial charge is 0.00759 e. The lowest BCUT2D eigenvalue weighted by Gasteiger charge is -2.20. The summed E-state index contributed by atoms with van der Waals surface area (Å²) in [6.45, 7) is 8.29. The van der Waals surface area contributed by atoms with E-state index in [2.05, 4.69) is 38.3 Å². The van der Waals surface area contributed by atoms with Crippen molar-refractivity contribution in [2.75, 3.05) is 0 Å². The van der Waals surface area contributed by atoms with Gasteiger partial charge in [-0.05, 0) is 31.4 Å². The Balaban J connectivity index is 2.74. The van der Waals surface area contributed by atoms with Crippen molar-refractivity contribution in [3.05, 3.63) is 30.0 Å². The average molecular weight is 134 g/mol. The summed E-state index contributed by atoms with van der Waals surface area (Å²) in [7, 11) is 0. The van der Waals surface area contributed by atoms with Gasteiger partial charge in [-0.15, -0.1) is 5.73 Å². The van der Waals surface area contributed by atoms with Crippen LogP contribution >= 0.6 is 0 Å². The Morgan fingerprint density at radius 3 is 2.80 bits per heavy atom. The van der Waals surface area contributed by atoms with Crippen molar-refractivity contribution < 1.29 is 0 Å². The third-order valence-corrected chi connectivity index (χ3v) is 2.07. The molecule has 0 unspecified atom stereocenters. The molecule has 0 aliphatic heterocycles. The van der Waals surface area contributed by atoms with Gasteiger partial charge in [-0.2, -0.15) is 0 Å². The van der Waals surface area contributed by atoms with Crippen molar-refractivity contribution in [1.82, 2.24) is 0 Å². The van der Waals surface area contributed by atoms with E-state index in [-0.39, 0.29) is 0 Å². The fourth-order valence-electron chi connectivity index (χ4n) is 1.36. The quantitative estimate of drug-likeness (QED) is 0.382. The predicted octanol–water partition coefficient (Wildman–Crippen LogP) is 2.93. The molecule has 0 bridgehead atoms. The Bertz CT molecular complexity index is 192. The monoisotopic (exact) mass is 134 g/mol. The van der Waals surface area contributed by atoms with Crippen molar-refractivity contribution in [3.8, 4) is 0 Å². The maximum absolute atomic E-state index is 3.94. The number of hydrogen-bond acceptors (Lipinski definition) is 0. The van der Waals surface area contributed by atoms with Gasteiger partial charge in [0.2, 0.25) is 0 Å². The summed E-state index contributed by atoms with van der Waals surface area (Å²) in [5.41, 5.74) is 4.39. The summed E-state index contributed by atoms with van der Waals surface area (Å²) in [5, 5.41) is 0. The third kappa shape index (κ3) is 1.40. The SMILES string of the molecule is C=C(C)[C@H]1C=C=CC[C@H]1C. The van der Waals surface area contributed by atoms with Crippen LogP contribution in [-0.4, -0.2) is 0 Å². The first-order valence-electron chi connectivity index (χ1n) is 3.78. The standard InChI is InChI=1S/C10H14/c1-8(2)10-7-5-4-6-9(10)3/h4,7,9-10H,1,6H2,2-3H3/t9-,10-/m1/s1. The zero-order chi connectivity index (χ0) is 7.56. The van der Waals surface area contributed by atoms with E-state index >= 15 is 0 Å². The highest BCUT2D eigenvalue weighted by atomic mass is 14.2. The van der Waals surface area contributed by atoms with Gasteiger partial charge in [-0.3, -0.25) is 0 Å². The molecule has 1 aliphatic carbocycles. The largest absolute Gasteiger partial charge is 0.129 e. The lowest BCUT2D eigenvalue weighted by Crippen LogP contribution is -2.10. The van der Waals surface area contributed by atoms with Gasteiger partial charge in [-0.25, -0.2) is 0 Å². The molecule has 0 saturated heterocycles. The molecule has 1 rings (SSSR count). The molecule has 0 heteroatoms.